The topological polar surface area (TPSA) is 83.1 Å². The number of carbonyl (C=O) groups is 2. The standard InChI is InChI=1S/C14H18BrNO6/c1-19-9-7-8(14(18)22-4)11(16-10(17)5-6-15)13(21-3)12(9)20-2/h7H,5-6H2,1-4H3,(H,16,17). The van der Waals surface area contributed by atoms with Crippen LogP contribution >= 0.6 is 15.9 Å². The molecule has 0 aromatic heterocycles. The number of anilines is 1. The van der Waals surface area contributed by atoms with Gasteiger partial charge in [0.25, 0.3) is 0 Å². The normalized spacial score (nSPS) is 9.86. The molecule has 0 aliphatic rings. The van der Waals surface area contributed by atoms with Crippen LogP contribution in [0.2, 0.25) is 0 Å². The molecule has 0 aliphatic heterocycles. The molecule has 0 heterocycles. The minimum atomic E-state index is -0.631. The molecular formula is C14H18BrNO6. The molecule has 8 heteroatoms. The van der Waals surface area contributed by atoms with Crippen LogP contribution in [0.15, 0.2) is 6.07 Å². The van der Waals surface area contributed by atoms with Crippen molar-refractivity contribution in [1.29, 1.82) is 0 Å². The Morgan fingerprint density at radius 2 is 1.73 bits per heavy atom. The molecule has 0 radical (unpaired) electrons. The molecule has 0 saturated carbocycles. The molecule has 0 atom stereocenters. The highest BCUT2D eigenvalue weighted by Crippen LogP contribution is 2.45. The van der Waals surface area contributed by atoms with Gasteiger partial charge in [-0.15, -0.1) is 0 Å². The number of esters is 1. The van der Waals surface area contributed by atoms with E-state index in [9.17, 15) is 9.59 Å². The first-order chi connectivity index (χ1) is 10.5. The molecule has 1 aromatic carbocycles. The molecule has 122 valence electrons. The number of benzene rings is 1. The molecule has 7 nitrogen and oxygen atoms in total. The molecule has 22 heavy (non-hydrogen) atoms. The number of amides is 1. The van der Waals surface area contributed by atoms with E-state index in [2.05, 4.69) is 21.2 Å². The first-order valence-corrected chi connectivity index (χ1v) is 7.43. The van der Waals surface area contributed by atoms with Crippen molar-refractivity contribution in [3.05, 3.63) is 11.6 Å². The van der Waals surface area contributed by atoms with Gasteiger partial charge in [0.1, 0.15) is 5.69 Å². The van der Waals surface area contributed by atoms with Crippen LogP contribution in [0.25, 0.3) is 0 Å². The minimum Gasteiger partial charge on any atom is -0.493 e. The monoisotopic (exact) mass is 375 g/mol. The van der Waals surface area contributed by atoms with Gasteiger partial charge in [0.05, 0.1) is 34.0 Å². The Balaban J connectivity index is 3.52. The fourth-order valence-electron chi connectivity index (χ4n) is 1.84. The Morgan fingerprint density at radius 3 is 2.18 bits per heavy atom. The van der Waals surface area contributed by atoms with Crippen molar-refractivity contribution in [3.8, 4) is 17.2 Å². The zero-order valence-corrected chi connectivity index (χ0v) is 14.4. The Bertz CT molecular complexity index is 561. The predicted molar refractivity (Wildman–Crippen MR) is 84.5 cm³/mol. The van der Waals surface area contributed by atoms with E-state index in [-0.39, 0.29) is 35.1 Å². The van der Waals surface area contributed by atoms with Gasteiger partial charge in [-0.3, -0.25) is 4.79 Å². The van der Waals surface area contributed by atoms with Crippen LogP contribution in [-0.4, -0.2) is 45.6 Å². The Hall–Kier alpha value is -1.96. The SMILES string of the molecule is COC(=O)c1cc(OC)c(OC)c(OC)c1NC(=O)CCBr. The number of carbonyl (C=O) groups excluding carboxylic acids is 2. The van der Waals surface area contributed by atoms with Gasteiger partial charge in [-0.1, -0.05) is 15.9 Å². The summed E-state index contributed by atoms with van der Waals surface area (Å²) < 4.78 is 20.5. The van der Waals surface area contributed by atoms with Crippen LogP contribution in [0, 0.1) is 0 Å². The minimum absolute atomic E-state index is 0.111. The summed E-state index contributed by atoms with van der Waals surface area (Å²) in [5, 5.41) is 3.13. The largest absolute Gasteiger partial charge is 0.493 e. The van der Waals surface area contributed by atoms with E-state index >= 15 is 0 Å². The third-order valence-electron chi connectivity index (χ3n) is 2.82. The quantitative estimate of drug-likeness (QED) is 0.581. The van der Waals surface area contributed by atoms with E-state index in [1.54, 1.807) is 0 Å². The van der Waals surface area contributed by atoms with E-state index in [1.165, 1.54) is 34.5 Å². The maximum atomic E-state index is 12.0. The van der Waals surface area contributed by atoms with Gasteiger partial charge in [-0.25, -0.2) is 4.79 Å². The van der Waals surface area contributed by atoms with Crippen LogP contribution in [0.3, 0.4) is 0 Å². The van der Waals surface area contributed by atoms with Crippen molar-refractivity contribution in [2.24, 2.45) is 0 Å². The molecule has 1 N–H and O–H groups in total. The van der Waals surface area contributed by atoms with E-state index in [0.29, 0.717) is 11.1 Å². The fraction of sp³-hybridized carbons (Fsp3) is 0.429. The van der Waals surface area contributed by atoms with Crippen LogP contribution in [-0.2, 0) is 9.53 Å². The number of alkyl halides is 1. The molecule has 0 spiro atoms. The summed E-state index contributed by atoms with van der Waals surface area (Å²) in [5.41, 5.74) is 0.290. The molecule has 0 saturated heterocycles. The van der Waals surface area contributed by atoms with E-state index in [0.717, 1.165) is 0 Å². The number of hydrogen-bond acceptors (Lipinski definition) is 6. The zero-order valence-electron chi connectivity index (χ0n) is 12.8. The smallest absolute Gasteiger partial charge is 0.340 e. The average molecular weight is 376 g/mol. The fourth-order valence-corrected chi connectivity index (χ4v) is 2.20. The highest BCUT2D eigenvalue weighted by atomic mass is 79.9. The van der Waals surface area contributed by atoms with Crippen LogP contribution in [0.1, 0.15) is 16.8 Å². The van der Waals surface area contributed by atoms with Gasteiger partial charge in [-0.2, -0.15) is 0 Å². The second kappa shape index (κ2) is 8.47. The molecule has 0 fully saturated rings. The van der Waals surface area contributed by atoms with Crippen LogP contribution in [0.5, 0.6) is 17.2 Å². The molecule has 1 aromatic rings. The van der Waals surface area contributed by atoms with Gasteiger partial charge < -0.3 is 24.3 Å². The van der Waals surface area contributed by atoms with Gasteiger partial charge in [-0.05, 0) is 0 Å². The average Bonchev–Trinajstić information content (AvgIpc) is 2.53. The molecule has 0 bridgehead atoms. The first-order valence-electron chi connectivity index (χ1n) is 6.31. The van der Waals surface area contributed by atoms with Crippen molar-refractivity contribution >= 4 is 33.5 Å². The maximum Gasteiger partial charge on any atom is 0.340 e. The Kier molecular flexibility index (Phi) is 6.97. The van der Waals surface area contributed by atoms with Gasteiger partial charge in [0, 0.05) is 17.8 Å². The van der Waals surface area contributed by atoms with Crippen LogP contribution < -0.4 is 19.5 Å². The second-order valence-corrected chi connectivity index (χ2v) is 4.84. The van der Waals surface area contributed by atoms with Crippen LogP contribution in [0.4, 0.5) is 5.69 Å². The van der Waals surface area contributed by atoms with Crippen molar-refractivity contribution in [3.63, 3.8) is 0 Å². The number of methoxy groups -OCH3 is 4. The summed E-state index contributed by atoms with van der Waals surface area (Å²) in [7, 11) is 5.51. The lowest BCUT2D eigenvalue weighted by Crippen LogP contribution is -2.17. The van der Waals surface area contributed by atoms with Gasteiger partial charge in [0.2, 0.25) is 11.7 Å². The van der Waals surface area contributed by atoms with E-state index in [4.69, 9.17) is 18.9 Å². The molecule has 0 aliphatic carbocycles. The highest BCUT2D eigenvalue weighted by Gasteiger charge is 2.25. The summed E-state index contributed by atoms with van der Waals surface area (Å²) >= 11 is 3.18. The third-order valence-corrected chi connectivity index (χ3v) is 3.22. The molecule has 0 unspecified atom stereocenters. The molecule has 1 rings (SSSR count). The summed E-state index contributed by atoms with van der Waals surface area (Å²) in [6, 6.07) is 1.43. The Labute approximate surface area is 137 Å². The number of hydrogen-bond donors (Lipinski definition) is 1. The first kappa shape index (κ1) is 18.1. The lowest BCUT2D eigenvalue weighted by atomic mass is 10.1. The predicted octanol–water partition coefficient (Wildman–Crippen LogP) is 2.22. The van der Waals surface area contributed by atoms with Crippen molar-refractivity contribution in [1.82, 2.24) is 0 Å². The summed E-state index contributed by atoms with van der Waals surface area (Å²) in [6.07, 6.45) is 0.234. The molecular weight excluding hydrogens is 358 g/mol. The number of halogens is 1. The van der Waals surface area contributed by atoms with E-state index in [1.807, 2.05) is 0 Å². The zero-order chi connectivity index (χ0) is 16.7. The lowest BCUT2D eigenvalue weighted by Gasteiger charge is -2.19. The van der Waals surface area contributed by atoms with Gasteiger partial charge >= 0.3 is 5.97 Å². The van der Waals surface area contributed by atoms with Gasteiger partial charge in [0.15, 0.2) is 11.5 Å². The maximum absolute atomic E-state index is 12.0. The number of rotatable bonds is 7. The number of ether oxygens (including phenoxy) is 4. The summed E-state index contributed by atoms with van der Waals surface area (Å²) in [5.74, 6) is -0.170. The second-order valence-electron chi connectivity index (χ2n) is 4.05. The summed E-state index contributed by atoms with van der Waals surface area (Å²) in [4.78, 5) is 23.9. The molecule has 1 amide bonds. The van der Waals surface area contributed by atoms with Crippen molar-refractivity contribution in [2.75, 3.05) is 39.1 Å². The lowest BCUT2D eigenvalue weighted by molar-refractivity contribution is -0.115. The van der Waals surface area contributed by atoms with Crippen molar-refractivity contribution in [2.45, 2.75) is 6.42 Å². The number of nitrogens with one attached hydrogen (secondary N) is 1. The van der Waals surface area contributed by atoms with Crippen molar-refractivity contribution < 1.29 is 28.5 Å². The third kappa shape index (κ3) is 3.82. The van der Waals surface area contributed by atoms with E-state index < -0.39 is 5.97 Å². The highest BCUT2D eigenvalue weighted by molar-refractivity contribution is 9.09. The Morgan fingerprint density at radius 1 is 1.09 bits per heavy atom. The summed E-state index contributed by atoms with van der Waals surface area (Å²) in [6.45, 7) is 0.